The minimum Gasteiger partial charge on any atom is -0.480 e. The highest BCUT2D eigenvalue weighted by atomic mass is 32.2. The predicted octanol–water partition coefficient (Wildman–Crippen LogP) is -2.37. The minimum atomic E-state index is -5.59. The Kier molecular flexibility index (Phi) is 15.5. The molecule has 1 aliphatic heterocycles. The van der Waals surface area contributed by atoms with Crippen LogP contribution >= 0.6 is 23.5 Å². The number of carboxylic acids is 1. The van der Waals surface area contributed by atoms with Gasteiger partial charge in [0.2, 0.25) is 11.8 Å². The lowest BCUT2D eigenvalue weighted by atomic mass is 9.87. The standard InChI is InChI=1S/C24H40N7O19P3S/c1-12(23(36)37)54(45)7-6-26-14(32)4-5-27-21(35)18(34)24(2,3)9-47-53(43,44)50-52(41,42)46-8-13-17(49-51(38,39)40)16(33)22(48-13)31-11-30-15-19(25)28-10-29-20(15)31/h10-13,16-18,22,33-34H,4-9H2,1-3H3,(H,26,32)(H,27,35)(H,36,37)(H,41,42)(H,43,44)(H2,25,28,29)(H2,38,39,40)/t12?,13-,16-,17-,18?,22-,54?/m1/s1. The van der Waals surface area contributed by atoms with Crippen LogP contribution in [0.25, 0.3) is 11.2 Å². The van der Waals surface area contributed by atoms with Crippen LogP contribution in [0.5, 0.6) is 0 Å². The molecule has 1 aliphatic rings. The first-order valence-corrected chi connectivity index (χ1v) is 21.2. The number of fused-ring (bicyclic) bond motifs is 1. The van der Waals surface area contributed by atoms with E-state index in [1.54, 1.807) is 0 Å². The molecule has 3 rings (SSSR count). The third-order valence-corrected chi connectivity index (χ3v) is 12.1. The monoisotopic (exact) mass is 855 g/mol. The van der Waals surface area contributed by atoms with E-state index in [4.69, 9.17) is 24.6 Å². The van der Waals surface area contributed by atoms with Gasteiger partial charge >= 0.3 is 29.4 Å². The lowest BCUT2D eigenvalue weighted by Gasteiger charge is -2.30. The number of aliphatic hydroxyl groups excluding tert-OH is 2. The largest absolute Gasteiger partial charge is 0.481 e. The molecule has 1 saturated heterocycles. The number of rotatable bonds is 21. The van der Waals surface area contributed by atoms with Gasteiger partial charge in [0.25, 0.3) is 0 Å². The van der Waals surface area contributed by atoms with Crippen molar-refractivity contribution in [2.75, 3.05) is 37.8 Å². The highest BCUT2D eigenvalue weighted by molar-refractivity contribution is 7.86. The molecule has 0 bridgehead atoms. The number of carbonyl (C=O) groups is 3. The number of amides is 2. The fourth-order valence-electron chi connectivity index (χ4n) is 4.52. The Bertz CT molecular complexity index is 1840. The first-order chi connectivity index (χ1) is 24.8. The van der Waals surface area contributed by atoms with E-state index in [1.165, 1.54) is 20.8 Å². The van der Waals surface area contributed by atoms with Crippen molar-refractivity contribution in [3.05, 3.63) is 12.7 Å². The fourth-order valence-corrected chi connectivity index (χ4v) is 8.23. The second kappa shape index (κ2) is 18.4. The maximum absolute atomic E-state index is 12.6. The van der Waals surface area contributed by atoms with Crippen molar-refractivity contribution in [3.63, 3.8) is 0 Å². The Labute approximate surface area is 307 Å². The molecule has 0 spiro atoms. The van der Waals surface area contributed by atoms with Crippen molar-refractivity contribution in [1.82, 2.24) is 30.2 Å². The summed E-state index contributed by atoms with van der Waals surface area (Å²) in [6, 6.07) is 0. The van der Waals surface area contributed by atoms with E-state index in [0.29, 0.717) is 0 Å². The maximum atomic E-state index is 12.6. The summed E-state index contributed by atoms with van der Waals surface area (Å²) in [5.74, 6) is -3.06. The van der Waals surface area contributed by atoms with Crippen molar-refractivity contribution < 1.29 is 89.8 Å². The molecule has 0 aromatic carbocycles. The van der Waals surface area contributed by atoms with Crippen LogP contribution in [0.15, 0.2) is 12.7 Å². The van der Waals surface area contributed by atoms with Crippen LogP contribution in [0.1, 0.15) is 33.4 Å². The van der Waals surface area contributed by atoms with Crippen molar-refractivity contribution in [2.24, 2.45) is 5.41 Å². The summed E-state index contributed by atoms with van der Waals surface area (Å²) in [5.41, 5.74) is 4.18. The SMILES string of the molecule is CC(C(=O)O)S(=O)CCNC(=O)CCNC(=O)C(O)C(C)(C)COP(=O)(O)OP(=O)(O)OC[C@H]1O[C@@H](n2cnc3c(N)ncnc32)[C@H](O)[C@@H]1OP(=O)(O)O. The van der Waals surface area contributed by atoms with Crippen LogP contribution in [0, 0.1) is 5.41 Å². The molecule has 2 amide bonds. The quantitative estimate of drug-likeness (QED) is 0.0586. The van der Waals surface area contributed by atoms with Crippen molar-refractivity contribution in [3.8, 4) is 0 Å². The van der Waals surface area contributed by atoms with Gasteiger partial charge in [0.1, 0.15) is 41.5 Å². The number of carboxylic acid groups (broad SMARTS) is 1. The number of anilines is 1. The van der Waals surface area contributed by atoms with Gasteiger partial charge in [-0.15, -0.1) is 0 Å². The normalized spacial score (nSPS) is 23.2. The number of ether oxygens (including phenoxy) is 1. The fraction of sp³-hybridized carbons (Fsp3) is 0.667. The number of imidazole rings is 1. The average Bonchev–Trinajstić information content (AvgIpc) is 3.62. The van der Waals surface area contributed by atoms with Gasteiger partial charge in [-0.1, -0.05) is 13.8 Å². The number of aliphatic hydroxyl groups is 2. The lowest BCUT2D eigenvalue weighted by molar-refractivity contribution is -0.137. The van der Waals surface area contributed by atoms with Gasteiger partial charge in [-0.25, -0.2) is 28.6 Å². The van der Waals surface area contributed by atoms with Gasteiger partial charge in [0.15, 0.2) is 17.7 Å². The molecule has 5 unspecified atom stereocenters. The van der Waals surface area contributed by atoms with Gasteiger partial charge in [-0.3, -0.25) is 36.7 Å². The van der Waals surface area contributed by atoms with Gasteiger partial charge in [-0.05, 0) is 6.92 Å². The summed E-state index contributed by atoms with van der Waals surface area (Å²) in [5, 5.41) is 33.7. The zero-order chi connectivity index (χ0) is 40.8. The van der Waals surface area contributed by atoms with E-state index in [0.717, 1.165) is 17.2 Å². The third-order valence-electron chi connectivity index (χ3n) is 7.45. The summed E-state index contributed by atoms with van der Waals surface area (Å²) in [7, 11) is -18.2. The lowest BCUT2D eigenvalue weighted by Crippen LogP contribution is -2.46. The number of carbonyl (C=O) groups excluding carboxylic acids is 2. The van der Waals surface area contributed by atoms with Crippen LogP contribution in [-0.2, 0) is 61.5 Å². The van der Waals surface area contributed by atoms with E-state index >= 15 is 0 Å². The molecule has 2 aromatic rings. The van der Waals surface area contributed by atoms with Crippen LogP contribution in [0.2, 0.25) is 0 Å². The van der Waals surface area contributed by atoms with Crippen molar-refractivity contribution >= 4 is 69.0 Å². The van der Waals surface area contributed by atoms with E-state index in [2.05, 4.69) is 34.4 Å². The Balaban J connectivity index is 1.52. The average molecular weight is 856 g/mol. The molecule has 3 heterocycles. The summed E-state index contributed by atoms with van der Waals surface area (Å²) in [4.78, 5) is 86.1. The van der Waals surface area contributed by atoms with E-state index in [-0.39, 0.29) is 42.2 Å². The zero-order valence-electron chi connectivity index (χ0n) is 28.5. The van der Waals surface area contributed by atoms with Gasteiger partial charge in [0.05, 0.1) is 19.5 Å². The van der Waals surface area contributed by atoms with Gasteiger partial charge in [0, 0.05) is 41.5 Å². The summed E-state index contributed by atoms with van der Waals surface area (Å²) >= 11 is 0. The van der Waals surface area contributed by atoms with Crippen LogP contribution in [-0.4, -0.2) is 138 Å². The third kappa shape index (κ3) is 12.9. The number of aromatic nitrogens is 4. The van der Waals surface area contributed by atoms with E-state index in [9.17, 15) is 62.1 Å². The number of aliphatic carboxylic acids is 1. The second-order valence-corrected chi connectivity index (χ2v) is 18.2. The number of nitrogen functional groups attached to an aromatic ring is 1. The molecule has 0 aliphatic carbocycles. The van der Waals surface area contributed by atoms with Crippen LogP contribution in [0.4, 0.5) is 5.82 Å². The molecule has 1 fully saturated rings. The van der Waals surface area contributed by atoms with E-state index in [1.807, 2.05) is 0 Å². The van der Waals surface area contributed by atoms with Crippen molar-refractivity contribution in [2.45, 2.75) is 63.1 Å². The Morgan fingerprint density at radius 3 is 2.35 bits per heavy atom. The number of nitrogens with two attached hydrogens (primary N) is 1. The molecule has 54 heavy (non-hydrogen) atoms. The predicted molar refractivity (Wildman–Crippen MR) is 180 cm³/mol. The molecule has 306 valence electrons. The molecule has 0 saturated carbocycles. The van der Waals surface area contributed by atoms with Gasteiger partial charge < -0.3 is 56.0 Å². The Morgan fingerprint density at radius 1 is 1.07 bits per heavy atom. The summed E-state index contributed by atoms with van der Waals surface area (Å²) in [6.07, 6.45) is -7.17. The first kappa shape index (κ1) is 45.5. The Morgan fingerprint density at radius 2 is 1.72 bits per heavy atom. The minimum absolute atomic E-state index is 0.0177. The molecule has 2 aromatic heterocycles. The molecular formula is C24H40N7O19P3S. The molecule has 30 heteroatoms. The number of phosphoric acid groups is 3. The number of phosphoric ester groups is 3. The topological polar surface area (TPSA) is 401 Å². The molecule has 0 radical (unpaired) electrons. The van der Waals surface area contributed by atoms with Gasteiger partial charge in [-0.2, -0.15) is 4.31 Å². The smallest absolute Gasteiger partial charge is 0.480 e. The highest BCUT2D eigenvalue weighted by Gasteiger charge is 2.50. The highest BCUT2D eigenvalue weighted by Crippen LogP contribution is 2.61. The number of hydrogen-bond acceptors (Lipinski definition) is 18. The first-order valence-electron chi connectivity index (χ1n) is 15.3. The van der Waals surface area contributed by atoms with Crippen LogP contribution < -0.4 is 16.4 Å². The van der Waals surface area contributed by atoms with Crippen molar-refractivity contribution in [1.29, 1.82) is 0 Å². The number of nitrogens with zero attached hydrogens (tertiary/aromatic N) is 4. The van der Waals surface area contributed by atoms with E-state index < -0.39 is 107 Å². The second-order valence-electron chi connectivity index (χ2n) is 12.1. The molecule has 26 nitrogen and oxygen atoms in total. The zero-order valence-corrected chi connectivity index (χ0v) is 32.0. The molecule has 11 N–H and O–H groups in total. The molecule has 9 atom stereocenters. The summed E-state index contributed by atoms with van der Waals surface area (Å²) < 4.78 is 73.6. The number of nitrogens with one attached hydrogen (secondary N) is 2. The molecular weight excluding hydrogens is 815 g/mol. The van der Waals surface area contributed by atoms with Crippen LogP contribution in [0.3, 0.4) is 0 Å². The summed E-state index contributed by atoms with van der Waals surface area (Å²) in [6.45, 7) is 1.21. The maximum Gasteiger partial charge on any atom is 0.481 e. The Hall–Kier alpha value is -2.84. The number of hydrogen-bond donors (Lipinski definition) is 10.